The summed E-state index contributed by atoms with van der Waals surface area (Å²) >= 11 is 0. The van der Waals surface area contributed by atoms with Gasteiger partial charge in [-0.3, -0.25) is 9.59 Å². The van der Waals surface area contributed by atoms with Gasteiger partial charge in [0.15, 0.2) is 6.61 Å². The van der Waals surface area contributed by atoms with E-state index in [9.17, 15) is 22.8 Å². The molecule has 1 aromatic heterocycles. The second-order valence-electron chi connectivity index (χ2n) is 5.06. The lowest BCUT2D eigenvalue weighted by Crippen LogP contribution is -2.50. The van der Waals surface area contributed by atoms with Crippen LogP contribution in [0.15, 0.2) is 18.3 Å². The first-order valence-corrected chi connectivity index (χ1v) is 6.97. The summed E-state index contributed by atoms with van der Waals surface area (Å²) in [5, 5.41) is 0. The molecule has 0 N–H and O–H groups in total. The van der Waals surface area contributed by atoms with Crippen molar-refractivity contribution in [1.29, 1.82) is 0 Å². The molecule has 23 heavy (non-hydrogen) atoms. The third kappa shape index (κ3) is 4.57. The zero-order chi connectivity index (χ0) is 17.0. The minimum atomic E-state index is -4.51. The van der Waals surface area contributed by atoms with Gasteiger partial charge in [0.05, 0.1) is 0 Å². The maximum absolute atomic E-state index is 12.4. The SMILES string of the molecule is CC(=O)N1CCN(C(=O)c2cccnc2OCC(F)(F)F)CC1. The molecule has 1 aliphatic heterocycles. The summed E-state index contributed by atoms with van der Waals surface area (Å²) in [7, 11) is 0. The predicted molar refractivity (Wildman–Crippen MR) is 73.9 cm³/mol. The van der Waals surface area contributed by atoms with E-state index in [0.29, 0.717) is 26.2 Å². The summed E-state index contributed by atoms with van der Waals surface area (Å²) in [5.74, 6) is -0.880. The smallest absolute Gasteiger partial charge is 0.422 e. The predicted octanol–water partition coefficient (Wildman–Crippen LogP) is 1.33. The first-order chi connectivity index (χ1) is 10.8. The molecule has 1 saturated heterocycles. The Kier molecular flexibility index (Phi) is 5.07. The number of ether oxygens (including phenoxy) is 1. The Bertz CT molecular complexity index is 584. The Morgan fingerprint density at radius 2 is 1.83 bits per heavy atom. The first-order valence-electron chi connectivity index (χ1n) is 6.97. The van der Waals surface area contributed by atoms with Crippen molar-refractivity contribution in [3.8, 4) is 5.88 Å². The lowest BCUT2D eigenvalue weighted by Gasteiger charge is -2.34. The minimum Gasteiger partial charge on any atom is -0.467 e. The average molecular weight is 331 g/mol. The number of piperazine rings is 1. The molecule has 0 saturated carbocycles. The fourth-order valence-electron chi connectivity index (χ4n) is 2.21. The lowest BCUT2D eigenvalue weighted by atomic mass is 10.2. The number of aromatic nitrogens is 1. The van der Waals surface area contributed by atoms with Crippen LogP contribution in [0.1, 0.15) is 17.3 Å². The molecular weight excluding hydrogens is 315 g/mol. The van der Waals surface area contributed by atoms with E-state index in [1.807, 2.05) is 0 Å². The standard InChI is InChI=1S/C14H16F3N3O3/c1-10(21)19-5-7-20(8-6-19)13(22)11-3-2-4-18-12(11)23-9-14(15,16)17/h2-4H,5-9H2,1H3. The van der Waals surface area contributed by atoms with E-state index in [0.717, 1.165) is 0 Å². The number of carbonyl (C=O) groups is 2. The van der Waals surface area contributed by atoms with Crippen molar-refractivity contribution in [2.24, 2.45) is 0 Å². The van der Waals surface area contributed by atoms with Crippen molar-refractivity contribution in [2.45, 2.75) is 13.1 Å². The van der Waals surface area contributed by atoms with Crippen LogP contribution in [0.2, 0.25) is 0 Å². The number of halogens is 3. The van der Waals surface area contributed by atoms with Crippen LogP contribution in [0.3, 0.4) is 0 Å². The summed E-state index contributed by atoms with van der Waals surface area (Å²) in [6, 6.07) is 2.83. The van der Waals surface area contributed by atoms with Gasteiger partial charge in [-0.25, -0.2) is 4.98 Å². The van der Waals surface area contributed by atoms with Gasteiger partial charge >= 0.3 is 6.18 Å². The Labute approximate surface area is 130 Å². The molecule has 0 bridgehead atoms. The molecule has 0 aromatic carbocycles. The van der Waals surface area contributed by atoms with E-state index >= 15 is 0 Å². The summed E-state index contributed by atoms with van der Waals surface area (Å²) in [6.45, 7) is 1.34. The molecule has 1 aromatic rings. The maximum atomic E-state index is 12.4. The molecule has 2 heterocycles. The molecule has 1 fully saturated rings. The van der Waals surface area contributed by atoms with Crippen LogP contribution in [0, 0.1) is 0 Å². The van der Waals surface area contributed by atoms with Crippen LogP contribution in [0.4, 0.5) is 13.2 Å². The number of hydrogen-bond acceptors (Lipinski definition) is 4. The van der Waals surface area contributed by atoms with E-state index in [2.05, 4.69) is 9.72 Å². The fraction of sp³-hybridized carbons (Fsp3) is 0.500. The van der Waals surface area contributed by atoms with Crippen molar-refractivity contribution >= 4 is 11.8 Å². The van der Waals surface area contributed by atoms with Crippen LogP contribution in [-0.2, 0) is 4.79 Å². The minimum absolute atomic E-state index is 0.0203. The highest BCUT2D eigenvalue weighted by Crippen LogP contribution is 2.21. The van der Waals surface area contributed by atoms with Crippen LogP contribution < -0.4 is 4.74 Å². The highest BCUT2D eigenvalue weighted by atomic mass is 19.4. The van der Waals surface area contributed by atoms with Gasteiger partial charge in [-0.05, 0) is 12.1 Å². The molecule has 0 radical (unpaired) electrons. The van der Waals surface area contributed by atoms with E-state index < -0.39 is 18.7 Å². The van der Waals surface area contributed by atoms with Crippen LogP contribution in [0.25, 0.3) is 0 Å². The van der Waals surface area contributed by atoms with Crippen LogP contribution in [0.5, 0.6) is 5.88 Å². The van der Waals surface area contributed by atoms with Gasteiger partial charge in [0, 0.05) is 39.3 Å². The van der Waals surface area contributed by atoms with Crippen molar-refractivity contribution in [1.82, 2.24) is 14.8 Å². The molecular formula is C14H16F3N3O3. The number of hydrogen-bond donors (Lipinski definition) is 0. The maximum Gasteiger partial charge on any atom is 0.422 e. The molecule has 0 unspecified atom stereocenters. The quantitative estimate of drug-likeness (QED) is 0.838. The number of rotatable bonds is 3. The van der Waals surface area contributed by atoms with Gasteiger partial charge in [-0.1, -0.05) is 0 Å². The fourth-order valence-corrected chi connectivity index (χ4v) is 2.21. The van der Waals surface area contributed by atoms with Gasteiger partial charge in [0.25, 0.3) is 5.91 Å². The number of alkyl halides is 3. The molecule has 0 spiro atoms. The Morgan fingerprint density at radius 3 is 2.39 bits per heavy atom. The Balaban J connectivity index is 2.06. The average Bonchev–Trinajstić information content (AvgIpc) is 2.52. The van der Waals surface area contributed by atoms with E-state index in [1.165, 1.54) is 30.2 Å². The highest BCUT2D eigenvalue weighted by molar-refractivity contribution is 5.96. The molecule has 2 rings (SSSR count). The zero-order valence-corrected chi connectivity index (χ0v) is 12.5. The van der Waals surface area contributed by atoms with Gasteiger partial charge < -0.3 is 14.5 Å². The number of pyridine rings is 1. The normalized spacial score (nSPS) is 15.5. The van der Waals surface area contributed by atoms with E-state index in [1.54, 1.807) is 4.90 Å². The van der Waals surface area contributed by atoms with E-state index in [-0.39, 0.29) is 17.4 Å². The Morgan fingerprint density at radius 1 is 1.22 bits per heavy atom. The van der Waals surface area contributed by atoms with Gasteiger partial charge in [-0.2, -0.15) is 13.2 Å². The van der Waals surface area contributed by atoms with Crippen molar-refractivity contribution in [3.05, 3.63) is 23.9 Å². The summed E-state index contributed by atoms with van der Waals surface area (Å²) in [6.07, 6.45) is -3.25. The van der Waals surface area contributed by atoms with Gasteiger partial charge in [0.1, 0.15) is 5.56 Å². The number of nitrogens with zero attached hydrogens (tertiary/aromatic N) is 3. The number of amides is 2. The highest BCUT2D eigenvalue weighted by Gasteiger charge is 2.31. The topological polar surface area (TPSA) is 62.7 Å². The molecule has 9 heteroatoms. The second-order valence-corrected chi connectivity index (χ2v) is 5.06. The lowest BCUT2D eigenvalue weighted by molar-refractivity contribution is -0.154. The molecule has 1 aliphatic rings. The molecule has 0 aliphatic carbocycles. The summed E-state index contributed by atoms with van der Waals surface area (Å²) < 4.78 is 41.4. The van der Waals surface area contributed by atoms with Crippen LogP contribution >= 0.6 is 0 Å². The van der Waals surface area contributed by atoms with Crippen molar-refractivity contribution < 1.29 is 27.5 Å². The largest absolute Gasteiger partial charge is 0.467 e. The molecule has 6 nitrogen and oxygen atoms in total. The molecule has 126 valence electrons. The van der Waals surface area contributed by atoms with Gasteiger partial charge in [-0.15, -0.1) is 0 Å². The second kappa shape index (κ2) is 6.84. The third-order valence-electron chi connectivity index (χ3n) is 3.39. The van der Waals surface area contributed by atoms with E-state index in [4.69, 9.17) is 0 Å². The van der Waals surface area contributed by atoms with Crippen LogP contribution in [-0.4, -0.2) is 65.6 Å². The monoisotopic (exact) mass is 331 g/mol. The summed E-state index contributed by atoms with van der Waals surface area (Å²) in [5.41, 5.74) is -0.0203. The van der Waals surface area contributed by atoms with Crippen molar-refractivity contribution in [2.75, 3.05) is 32.8 Å². The molecule has 0 atom stereocenters. The summed E-state index contributed by atoms with van der Waals surface area (Å²) in [4.78, 5) is 30.5. The Hall–Kier alpha value is -2.32. The zero-order valence-electron chi connectivity index (χ0n) is 12.5. The number of carbonyl (C=O) groups excluding carboxylic acids is 2. The van der Waals surface area contributed by atoms with Gasteiger partial charge in [0.2, 0.25) is 11.8 Å². The third-order valence-corrected chi connectivity index (χ3v) is 3.39. The van der Waals surface area contributed by atoms with Crippen molar-refractivity contribution in [3.63, 3.8) is 0 Å². The molecule has 2 amide bonds. The first kappa shape index (κ1) is 17.0.